The second-order valence-corrected chi connectivity index (χ2v) is 8.11. The Balaban J connectivity index is 2.16. The van der Waals surface area contributed by atoms with Gasteiger partial charge in [-0.25, -0.2) is 10.0 Å². The fraction of sp³-hybridized carbons (Fsp3) is 1.00. The largest absolute Gasteiger partial charge is 0.240 e. The highest BCUT2D eigenvalue weighted by Gasteiger charge is 2.69. The van der Waals surface area contributed by atoms with E-state index in [0.29, 0.717) is 0 Å². The molecule has 0 aromatic carbocycles. The molecule has 1 spiro atoms. The molecule has 5 heterocycles. The van der Waals surface area contributed by atoms with Crippen molar-refractivity contribution in [2.24, 2.45) is 5.41 Å². The molecule has 0 amide bonds. The van der Waals surface area contributed by atoms with Crippen molar-refractivity contribution in [1.29, 1.82) is 0 Å². The maximum absolute atomic E-state index is 2.57. The highest BCUT2D eigenvalue weighted by atomic mass is 32.3. The standard InChI is InChI=1S/C7H12S/c1-8-4-7(5-8)2-6(8)3-7/h6H,2-5H2,1H3. The first-order chi connectivity index (χ1) is 3.73. The van der Waals surface area contributed by atoms with Crippen molar-refractivity contribution in [2.75, 3.05) is 17.8 Å². The van der Waals surface area contributed by atoms with Crippen molar-refractivity contribution < 1.29 is 0 Å². The van der Waals surface area contributed by atoms with E-state index in [0.717, 1.165) is 5.41 Å². The molecule has 6 aliphatic rings. The Morgan fingerprint density at radius 3 is 2.12 bits per heavy atom. The molecule has 0 nitrogen and oxygen atoms in total. The van der Waals surface area contributed by atoms with Gasteiger partial charge in [0.1, 0.15) is 0 Å². The first-order valence-electron chi connectivity index (χ1n) is 3.45. The summed E-state index contributed by atoms with van der Waals surface area (Å²) in [6, 6.07) is 0. The minimum atomic E-state index is 0.0833. The van der Waals surface area contributed by atoms with Crippen molar-refractivity contribution in [3.8, 4) is 0 Å². The SMILES string of the molecule is CS12CC3(CC1C3)C2. The Labute approximate surface area is 52.0 Å². The lowest BCUT2D eigenvalue weighted by atomic mass is 9.72. The Morgan fingerprint density at radius 2 is 2.00 bits per heavy atom. The van der Waals surface area contributed by atoms with E-state index in [2.05, 4.69) is 6.26 Å². The van der Waals surface area contributed by atoms with E-state index in [9.17, 15) is 0 Å². The van der Waals surface area contributed by atoms with E-state index in [4.69, 9.17) is 0 Å². The minimum Gasteiger partial charge on any atom is -0.240 e. The smallest absolute Gasteiger partial charge is 0.0102 e. The lowest BCUT2D eigenvalue weighted by Crippen LogP contribution is -2.35. The van der Waals surface area contributed by atoms with Crippen LogP contribution < -0.4 is 0 Å². The lowest BCUT2D eigenvalue weighted by molar-refractivity contribution is 0.248. The summed E-state index contributed by atoms with van der Waals surface area (Å²) in [7, 11) is 0.0833. The Morgan fingerprint density at radius 1 is 1.38 bits per heavy atom. The lowest BCUT2D eigenvalue weighted by Gasteiger charge is -2.42. The van der Waals surface area contributed by atoms with E-state index >= 15 is 0 Å². The van der Waals surface area contributed by atoms with Gasteiger partial charge in [0, 0.05) is 0 Å². The Hall–Kier alpha value is 0.350. The molecule has 0 radical (unpaired) electrons. The van der Waals surface area contributed by atoms with Crippen LogP contribution in [0.15, 0.2) is 0 Å². The monoisotopic (exact) mass is 128 g/mol. The third-order valence-electron chi connectivity index (χ3n) is 3.40. The third-order valence-corrected chi connectivity index (χ3v) is 7.88. The molecule has 1 heteroatoms. The van der Waals surface area contributed by atoms with Gasteiger partial charge in [0.25, 0.3) is 0 Å². The van der Waals surface area contributed by atoms with Crippen LogP contribution in [0.4, 0.5) is 0 Å². The highest BCUT2D eigenvalue weighted by molar-refractivity contribution is 8.35. The van der Waals surface area contributed by atoms with E-state index in [-0.39, 0.29) is 10.0 Å². The third kappa shape index (κ3) is 0.226. The summed E-state index contributed by atoms with van der Waals surface area (Å²) < 4.78 is 0. The van der Waals surface area contributed by atoms with Gasteiger partial charge in [0.15, 0.2) is 0 Å². The molecule has 1 saturated carbocycles. The Bertz CT molecular complexity index is 148. The maximum Gasteiger partial charge on any atom is -0.0102 e. The van der Waals surface area contributed by atoms with Crippen LogP contribution in [0, 0.1) is 5.41 Å². The van der Waals surface area contributed by atoms with Gasteiger partial charge < -0.3 is 0 Å². The maximum atomic E-state index is 2.57. The molecule has 0 aromatic heterocycles. The average Bonchev–Trinajstić information content (AvgIpc) is 1.86. The molecule has 8 heavy (non-hydrogen) atoms. The summed E-state index contributed by atoms with van der Waals surface area (Å²) in [5.41, 5.74) is 0.981. The molecule has 1 aliphatic carbocycles. The second-order valence-electron chi connectivity index (χ2n) is 4.17. The van der Waals surface area contributed by atoms with Crippen LogP contribution in [0.1, 0.15) is 12.8 Å². The Kier molecular flexibility index (Phi) is 0.417. The van der Waals surface area contributed by atoms with Crippen molar-refractivity contribution in [3.63, 3.8) is 0 Å². The zero-order valence-electron chi connectivity index (χ0n) is 5.31. The topological polar surface area (TPSA) is 0 Å². The zero-order valence-corrected chi connectivity index (χ0v) is 6.13. The normalized spacial score (nSPS) is 81.9. The van der Waals surface area contributed by atoms with Gasteiger partial charge in [0.2, 0.25) is 0 Å². The van der Waals surface area contributed by atoms with Gasteiger partial charge in [-0.2, -0.15) is 0 Å². The van der Waals surface area contributed by atoms with Crippen LogP contribution in [0.2, 0.25) is 0 Å². The summed E-state index contributed by atoms with van der Waals surface area (Å²) in [5, 5.41) is 1.25. The summed E-state index contributed by atoms with van der Waals surface area (Å²) in [6.07, 6.45) is 5.84. The molecular weight excluding hydrogens is 116 g/mol. The second kappa shape index (κ2) is 0.792. The van der Waals surface area contributed by atoms with Crippen molar-refractivity contribution >= 4 is 10.0 Å². The van der Waals surface area contributed by atoms with Gasteiger partial charge in [-0.05, 0) is 41.3 Å². The molecular formula is C7H12S. The highest BCUT2D eigenvalue weighted by Crippen LogP contribution is 2.85. The first kappa shape index (κ1) is 4.21. The quantitative estimate of drug-likeness (QED) is 0.465. The molecule has 0 aromatic rings. The molecule has 5 aliphatic heterocycles. The van der Waals surface area contributed by atoms with Gasteiger partial charge in [-0.15, -0.1) is 0 Å². The summed E-state index contributed by atoms with van der Waals surface area (Å²) in [4.78, 5) is 0. The molecule has 0 atom stereocenters. The average molecular weight is 128 g/mol. The number of rotatable bonds is 0. The van der Waals surface area contributed by atoms with E-state index < -0.39 is 0 Å². The number of hydrogen-bond acceptors (Lipinski definition) is 0. The molecule has 0 unspecified atom stereocenters. The van der Waals surface area contributed by atoms with Crippen LogP contribution in [-0.2, 0) is 0 Å². The summed E-state index contributed by atoms with van der Waals surface area (Å²) in [5.74, 6) is 3.34. The summed E-state index contributed by atoms with van der Waals surface area (Å²) in [6.45, 7) is 0. The minimum absolute atomic E-state index is 0.0833. The van der Waals surface area contributed by atoms with Gasteiger partial charge in [0.05, 0.1) is 0 Å². The predicted molar refractivity (Wildman–Crippen MR) is 38.7 cm³/mol. The zero-order chi connectivity index (χ0) is 5.41. The van der Waals surface area contributed by atoms with Crippen LogP contribution in [-0.4, -0.2) is 23.0 Å². The van der Waals surface area contributed by atoms with Crippen molar-refractivity contribution in [2.45, 2.75) is 18.1 Å². The van der Waals surface area contributed by atoms with E-state index in [1.165, 1.54) is 5.25 Å². The fourth-order valence-corrected chi connectivity index (χ4v) is 8.30. The molecule has 5 saturated heterocycles. The molecule has 3 bridgehead atoms. The van der Waals surface area contributed by atoms with E-state index in [1.54, 1.807) is 24.3 Å². The molecule has 0 N–H and O–H groups in total. The van der Waals surface area contributed by atoms with Gasteiger partial charge >= 0.3 is 0 Å². The van der Waals surface area contributed by atoms with Crippen LogP contribution >= 0.6 is 10.0 Å². The molecule has 46 valence electrons. The van der Waals surface area contributed by atoms with Crippen molar-refractivity contribution in [1.82, 2.24) is 0 Å². The summed E-state index contributed by atoms with van der Waals surface area (Å²) >= 11 is 0. The van der Waals surface area contributed by atoms with Crippen LogP contribution in [0.5, 0.6) is 0 Å². The number of hydrogen-bond donors (Lipinski definition) is 0. The molecule has 6 fully saturated rings. The predicted octanol–water partition coefficient (Wildman–Crippen LogP) is 1.60. The first-order valence-corrected chi connectivity index (χ1v) is 5.89. The molecule has 6 rings (SSSR count). The van der Waals surface area contributed by atoms with Crippen LogP contribution in [0.3, 0.4) is 0 Å². The van der Waals surface area contributed by atoms with Crippen LogP contribution in [0.25, 0.3) is 0 Å². The fourth-order valence-electron chi connectivity index (χ4n) is 3.14. The van der Waals surface area contributed by atoms with Gasteiger partial charge in [-0.1, -0.05) is 0 Å². The van der Waals surface area contributed by atoms with Gasteiger partial charge in [-0.3, -0.25) is 0 Å². The van der Waals surface area contributed by atoms with E-state index in [1.807, 2.05) is 0 Å². The van der Waals surface area contributed by atoms with Crippen molar-refractivity contribution in [3.05, 3.63) is 0 Å².